The van der Waals surface area contributed by atoms with Crippen LogP contribution in [-0.4, -0.2) is 54.9 Å². The van der Waals surface area contributed by atoms with E-state index in [2.05, 4.69) is 4.72 Å². The van der Waals surface area contributed by atoms with E-state index in [0.717, 1.165) is 11.3 Å². The molecule has 2 heterocycles. The fourth-order valence-electron chi connectivity index (χ4n) is 3.48. The van der Waals surface area contributed by atoms with Crippen molar-refractivity contribution in [2.45, 2.75) is 29.4 Å². The van der Waals surface area contributed by atoms with Crippen molar-refractivity contribution in [2.75, 3.05) is 12.3 Å². The Hall–Kier alpha value is -3.76. The molecular formula is C22H21F4N5O5S2. The molecule has 1 amide bonds. The van der Waals surface area contributed by atoms with Crippen molar-refractivity contribution in [3.8, 4) is 0 Å². The first-order chi connectivity index (χ1) is 17.6. The first-order valence-electron chi connectivity index (χ1n) is 10.6. The number of anilines is 1. The second-order valence-corrected chi connectivity index (χ2v) is 11.1. The molecule has 7 N–H and O–H groups in total. The van der Waals surface area contributed by atoms with E-state index in [-0.39, 0.29) is 22.5 Å². The number of fused-ring (bicyclic) bond motifs is 1. The van der Waals surface area contributed by atoms with Crippen molar-refractivity contribution in [1.29, 1.82) is 5.41 Å². The van der Waals surface area contributed by atoms with Crippen molar-refractivity contribution < 1.29 is 40.7 Å². The van der Waals surface area contributed by atoms with Gasteiger partial charge in [0.1, 0.15) is 21.9 Å². The van der Waals surface area contributed by atoms with Crippen LogP contribution in [0, 0.1) is 11.2 Å². The molecule has 0 spiro atoms. The van der Waals surface area contributed by atoms with Crippen LogP contribution in [0.3, 0.4) is 0 Å². The molecule has 1 aliphatic rings. The number of hydrogen-bond acceptors (Lipinski definition) is 7. The number of benzene rings is 2. The lowest BCUT2D eigenvalue weighted by molar-refractivity contribution is -0.192. The number of carboxylic acids is 1. The number of amidine groups is 1. The van der Waals surface area contributed by atoms with Gasteiger partial charge in [-0.25, -0.2) is 17.6 Å². The summed E-state index contributed by atoms with van der Waals surface area (Å²) in [4.78, 5) is 23.2. The van der Waals surface area contributed by atoms with Gasteiger partial charge < -0.3 is 21.5 Å². The summed E-state index contributed by atoms with van der Waals surface area (Å²) in [7, 11) is -3.94. The van der Waals surface area contributed by atoms with Gasteiger partial charge >= 0.3 is 12.1 Å². The van der Waals surface area contributed by atoms with Crippen LogP contribution >= 0.6 is 11.3 Å². The lowest BCUT2D eigenvalue weighted by Gasteiger charge is -2.19. The summed E-state index contributed by atoms with van der Waals surface area (Å²) in [5.74, 6) is -3.67. The molecule has 2 aromatic carbocycles. The van der Waals surface area contributed by atoms with Crippen molar-refractivity contribution >= 4 is 54.8 Å². The van der Waals surface area contributed by atoms with Gasteiger partial charge in [0, 0.05) is 29.0 Å². The van der Waals surface area contributed by atoms with Crippen LogP contribution in [-0.2, 0) is 26.2 Å². The van der Waals surface area contributed by atoms with Gasteiger partial charge in [0.2, 0.25) is 5.91 Å². The van der Waals surface area contributed by atoms with E-state index in [1.54, 1.807) is 18.2 Å². The Morgan fingerprint density at radius 1 is 1.21 bits per heavy atom. The Balaban J connectivity index is 0.000000505. The summed E-state index contributed by atoms with van der Waals surface area (Å²) >= 11 is 0.949. The Bertz CT molecular complexity index is 1510. The second kappa shape index (κ2) is 10.9. The lowest BCUT2D eigenvalue weighted by Crippen LogP contribution is -2.41. The molecule has 1 atom stereocenters. The third-order valence-corrected chi connectivity index (χ3v) is 8.42. The zero-order valence-electron chi connectivity index (χ0n) is 19.3. The summed E-state index contributed by atoms with van der Waals surface area (Å²) < 4.78 is 73.8. The van der Waals surface area contributed by atoms with Crippen molar-refractivity contribution in [3.63, 3.8) is 0 Å². The predicted octanol–water partition coefficient (Wildman–Crippen LogP) is 2.62. The van der Waals surface area contributed by atoms with Crippen LogP contribution in [0.4, 0.5) is 23.2 Å². The molecule has 0 bridgehead atoms. The Morgan fingerprint density at radius 2 is 1.87 bits per heavy atom. The number of nitrogens with one attached hydrogen (secondary N) is 2. The minimum atomic E-state index is -5.08. The van der Waals surface area contributed by atoms with E-state index in [1.807, 2.05) is 0 Å². The first-order valence-corrected chi connectivity index (χ1v) is 12.9. The van der Waals surface area contributed by atoms with E-state index in [0.29, 0.717) is 39.9 Å². The highest BCUT2D eigenvalue weighted by Crippen LogP contribution is 2.30. The first kappa shape index (κ1) is 28.8. The van der Waals surface area contributed by atoms with Crippen LogP contribution < -0.4 is 16.2 Å². The maximum atomic E-state index is 13.4. The predicted molar refractivity (Wildman–Crippen MR) is 131 cm³/mol. The van der Waals surface area contributed by atoms with Gasteiger partial charge in [-0.2, -0.15) is 17.9 Å². The maximum absolute atomic E-state index is 13.4. The smallest absolute Gasteiger partial charge is 0.475 e. The summed E-state index contributed by atoms with van der Waals surface area (Å²) in [6, 6.07) is 9.53. The molecule has 204 valence electrons. The van der Waals surface area contributed by atoms with Crippen molar-refractivity contribution in [1.82, 2.24) is 9.62 Å². The normalized spacial score (nSPS) is 15.8. The molecule has 38 heavy (non-hydrogen) atoms. The topological polar surface area (TPSA) is 180 Å². The van der Waals surface area contributed by atoms with Gasteiger partial charge in [0.15, 0.2) is 0 Å². The van der Waals surface area contributed by atoms with E-state index in [1.165, 1.54) is 29.2 Å². The molecule has 1 aromatic heterocycles. The Kier molecular flexibility index (Phi) is 8.28. The zero-order valence-corrected chi connectivity index (χ0v) is 20.9. The molecule has 0 radical (unpaired) electrons. The highest BCUT2D eigenvalue weighted by atomic mass is 32.2. The number of carbonyl (C=O) groups is 2. The standard InChI is InChI=1S/C20H20FN5O3S2.C2HF3O2/c21-14-3-1-11-8-18(30-17(11)9-14)31(28,29)25-16-5-6-26(20(16)27)10-13-7-12(19(23)24)2-4-15(13)22;3-2(4,5)1(6)7/h1-4,7-9,16,25H,5-6,10,22H2,(H3,23,24);(H,6,7)/t16-;/m0./s1. The second-order valence-electron chi connectivity index (χ2n) is 8.10. The summed E-state index contributed by atoms with van der Waals surface area (Å²) in [5, 5.41) is 15.3. The summed E-state index contributed by atoms with van der Waals surface area (Å²) in [5.41, 5.74) is 13.1. The van der Waals surface area contributed by atoms with Gasteiger partial charge in [-0.15, -0.1) is 11.3 Å². The van der Waals surface area contributed by atoms with Crippen LogP contribution in [0.15, 0.2) is 46.7 Å². The monoisotopic (exact) mass is 575 g/mol. The van der Waals surface area contributed by atoms with E-state index in [4.69, 9.17) is 26.8 Å². The van der Waals surface area contributed by atoms with Crippen LogP contribution in [0.2, 0.25) is 0 Å². The minimum absolute atomic E-state index is 0.0257. The molecule has 1 saturated heterocycles. The van der Waals surface area contributed by atoms with Gasteiger partial charge in [0.05, 0.1) is 0 Å². The fourth-order valence-corrected chi connectivity index (χ4v) is 6.14. The van der Waals surface area contributed by atoms with Crippen LogP contribution in [0.5, 0.6) is 0 Å². The number of likely N-dealkylation sites (tertiary alicyclic amines) is 1. The minimum Gasteiger partial charge on any atom is -0.475 e. The number of sulfonamides is 1. The average molecular weight is 576 g/mol. The Labute approximate surface area is 217 Å². The number of rotatable bonds is 6. The molecular weight excluding hydrogens is 554 g/mol. The maximum Gasteiger partial charge on any atom is 0.490 e. The molecule has 0 aliphatic carbocycles. The fraction of sp³-hybridized carbons (Fsp3) is 0.227. The molecule has 0 unspecified atom stereocenters. The molecule has 16 heteroatoms. The number of nitrogen functional groups attached to an aromatic ring is 2. The molecule has 0 saturated carbocycles. The Morgan fingerprint density at radius 3 is 2.47 bits per heavy atom. The van der Waals surface area contributed by atoms with Gasteiger partial charge in [-0.1, -0.05) is 6.07 Å². The lowest BCUT2D eigenvalue weighted by atomic mass is 10.1. The van der Waals surface area contributed by atoms with Crippen LogP contribution in [0.25, 0.3) is 10.1 Å². The van der Waals surface area contributed by atoms with Crippen LogP contribution in [0.1, 0.15) is 17.5 Å². The number of hydrogen-bond donors (Lipinski definition) is 5. The van der Waals surface area contributed by atoms with Gasteiger partial charge in [-0.05, 0) is 53.8 Å². The number of thiophene rings is 1. The number of amides is 1. The molecule has 1 fully saturated rings. The molecule has 1 aliphatic heterocycles. The average Bonchev–Trinajstić information content (AvgIpc) is 3.39. The SMILES string of the molecule is N=C(N)c1ccc(N)c(CN2CC[C@H](NS(=O)(=O)c3cc4ccc(F)cc4s3)C2=O)c1.O=C(O)C(F)(F)F. The summed E-state index contributed by atoms with van der Waals surface area (Å²) in [6.45, 7) is 0.541. The number of aliphatic carboxylic acids is 1. The number of halogens is 4. The third-order valence-electron chi connectivity index (χ3n) is 5.38. The van der Waals surface area contributed by atoms with E-state index < -0.39 is 34.0 Å². The number of carbonyl (C=O) groups excluding carboxylic acids is 1. The summed E-state index contributed by atoms with van der Waals surface area (Å²) in [6.07, 6.45) is -4.77. The van der Waals surface area contributed by atoms with E-state index >= 15 is 0 Å². The number of nitrogens with two attached hydrogens (primary N) is 2. The highest BCUT2D eigenvalue weighted by Gasteiger charge is 2.38. The number of nitrogens with zero attached hydrogens (tertiary/aromatic N) is 1. The van der Waals surface area contributed by atoms with Gasteiger partial charge in [0.25, 0.3) is 10.0 Å². The number of alkyl halides is 3. The molecule has 3 aromatic rings. The molecule has 4 rings (SSSR count). The van der Waals surface area contributed by atoms with Crippen molar-refractivity contribution in [3.05, 3.63) is 59.4 Å². The highest BCUT2D eigenvalue weighted by molar-refractivity contribution is 7.91. The number of carboxylic acid groups (broad SMARTS) is 1. The molecule has 10 nitrogen and oxygen atoms in total. The van der Waals surface area contributed by atoms with Crippen molar-refractivity contribution in [2.24, 2.45) is 5.73 Å². The largest absolute Gasteiger partial charge is 0.490 e. The quantitative estimate of drug-likeness (QED) is 0.130. The van der Waals surface area contributed by atoms with Gasteiger partial charge in [-0.3, -0.25) is 10.2 Å². The van der Waals surface area contributed by atoms with E-state index in [9.17, 15) is 30.8 Å². The zero-order chi connectivity index (χ0) is 28.4. The third kappa shape index (κ3) is 6.76.